The summed E-state index contributed by atoms with van der Waals surface area (Å²) in [4.78, 5) is 12.7. The predicted molar refractivity (Wildman–Crippen MR) is 97.8 cm³/mol. The second-order valence-electron chi connectivity index (χ2n) is 5.70. The molecule has 0 aliphatic carbocycles. The lowest BCUT2D eigenvalue weighted by atomic mass is 10.0. The van der Waals surface area contributed by atoms with Gasteiger partial charge in [-0.2, -0.15) is 0 Å². The molecule has 134 valence electrons. The van der Waals surface area contributed by atoms with E-state index >= 15 is 0 Å². The summed E-state index contributed by atoms with van der Waals surface area (Å²) in [5.74, 6) is 1.20. The van der Waals surface area contributed by atoms with Crippen molar-refractivity contribution < 1.29 is 19.0 Å². The number of benzene rings is 2. The van der Waals surface area contributed by atoms with Gasteiger partial charge in [0.2, 0.25) is 0 Å². The maximum atomic E-state index is 12.7. The van der Waals surface area contributed by atoms with Gasteiger partial charge in [-0.25, -0.2) is 0 Å². The van der Waals surface area contributed by atoms with Gasteiger partial charge in [0.25, 0.3) is 5.91 Å². The molecule has 1 unspecified atom stereocenters. The maximum absolute atomic E-state index is 12.7. The maximum Gasteiger partial charge on any atom is 0.255 e. The van der Waals surface area contributed by atoms with Crippen LogP contribution in [0.25, 0.3) is 0 Å². The van der Waals surface area contributed by atoms with Gasteiger partial charge in [0.05, 0.1) is 32.9 Å². The van der Waals surface area contributed by atoms with Crippen molar-refractivity contribution in [2.24, 2.45) is 0 Å². The number of nitrogens with one attached hydrogen (secondary N) is 1. The van der Waals surface area contributed by atoms with Gasteiger partial charge in [-0.15, -0.1) is 0 Å². The zero-order chi connectivity index (χ0) is 18.4. The molecule has 5 heteroatoms. The first kappa shape index (κ1) is 18.6. The Balaban J connectivity index is 2.24. The lowest BCUT2D eigenvalue weighted by Gasteiger charge is -2.17. The monoisotopic (exact) mass is 343 g/mol. The Labute approximate surface area is 148 Å². The molecule has 1 amide bonds. The summed E-state index contributed by atoms with van der Waals surface area (Å²) in [5, 5.41) is 3.00. The number of amides is 1. The van der Waals surface area contributed by atoms with Gasteiger partial charge < -0.3 is 19.5 Å². The fourth-order valence-electron chi connectivity index (χ4n) is 2.61. The quantitative estimate of drug-likeness (QED) is 0.831. The molecule has 0 radical (unpaired) electrons. The van der Waals surface area contributed by atoms with Crippen molar-refractivity contribution in [2.75, 3.05) is 21.3 Å². The second-order valence-corrected chi connectivity index (χ2v) is 5.70. The molecule has 0 fully saturated rings. The third-order valence-corrected chi connectivity index (χ3v) is 4.19. The number of ether oxygens (including phenoxy) is 3. The van der Waals surface area contributed by atoms with E-state index in [0.29, 0.717) is 22.8 Å². The van der Waals surface area contributed by atoms with Crippen LogP contribution in [-0.2, 0) is 6.42 Å². The highest BCUT2D eigenvalue weighted by molar-refractivity contribution is 5.98. The van der Waals surface area contributed by atoms with Crippen molar-refractivity contribution in [3.63, 3.8) is 0 Å². The van der Waals surface area contributed by atoms with Crippen LogP contribution in [0.4, 0.5) is 0 Å². The fourth-order valence-corrected chi connectivity index (χ4v) is 2.61. The first-order valence-corrected chi connectivity index (χ1v) is 8.23. The number of methoxy groups -OCH3 is 3. The molecule has 2 rings (SSSR count). The summed E-state index contributed by atoms with van der Waals surface area (Å²) in [5.41, 5.74) is 2.71. The van der Waals surface area contributed by atoms with Crippen LogP contribution in [0, 0.1) is 0 Å². The number of aryl methyl sites for hydroxylation is 1. The molecule has 25 heavy (non-hydrogen) atoms. The smallest absolute Gasteiger partial charge is 0.255 e. The molecule has 0 bridgehead atoms. The minimum atomic E-state index is -0.232. The van der Waals surface area contributed by atoms with E-state index in [-0.39, 0.29) is 11.9 Å². The summed E-state index contributed by atoms with van der Waals surface area (Å²) in [6, 6.07) is 11.4. The van der Waals surface area contributed by atoms with Gasteiger partial charge >= 0.3 is 0 Å². The van der Waals surface area contributed by atoms with Crippen LogP contribution in [-0.4, -0.2) is 27.2 Å². The SMILES string of the molecule is CCc1ccc(C(C)NC(=O)c2cc(OC)c(OC)cc2OC)cc1. The number of carbonyl (C=O) groups is 1. The van der Waals surface area contributed by atoms with E-state index < -0.39 is 0 Å². The molecule has 0 saturated carbocycles. The molecule has 2 aromatic rings. The Morgan fingerprint density at radius 1 is 0.960 bits per heavy atom. The van der Waals surface area contributed by atoms with E-state index in [1.54, 1.807) is 19.2 Å². The Bertz CT molecular complexity index is 725. The van der Waals surface area contributed by atoms with E-state index in [4.69, 9.17) is 14.2 Å². The second kappa shape index (κ2) is 8.42. The van der Waals surface area contributed by atoms with Crippen molar-refractivity contribution in [3.8, 4) is 17.2 Å². The van der Waals surface area contributed by atoms with Crippen molar-refractivity contribution in [2.45, 2.75) is 26.3 Å². The van der Waals surface area contributed by atoms with Crippen LogP contribution in [0.15, 0.2) is 36.4 Å². The minimum absolute atomic E-state index is 0.129. The van der Waals surface area contributed by atoms with E-state index in [1.807, 2.05) is 19.1 Å². The molecular weight excluding hydrogens is 318 g/mol. The standard InChI is InChI=1S/C20H25NO4/c1-6-14-7-9-15(10-8-14)13(2)21-20(22)16-11-18(24-4)19(25-5)12-17(16)23-3/h7-13H,6H2,1-5H3,(H,21,22). The Kier molecular flexibility index (Phi) is 6.28. The Hall–Kier alpha value is -2.69. The van der Waals surface area contributed by atoms with Crippen LogP contribution in [0.1, 0.15) is 41.4 Å². The Morgan fingerprint density at radius 2 is 1.52 bits per heavy atom. The largest absolute Gasteiger partial charge is 0.496 e. The summed E-state index contributed by atoms with van der Waals surface area (Å²) in [7, 11) is 4.59. The van der Waals surface area contributed by atoms with Gasteiger partial charge in [0, 0.05) is 12.1 Å². The van der Waals surface area contributed by atoms with Crippen LogP contribution in [0.5, 0.6) is 17.2 Å². The lowest BCUT2D eigenvalue weighted by Crippen LogP contribution is -2.27. The summed E-state index contributed by atoms with van der Waals surface area (Å²) >= 11 is 0. The number of carbonyl (C=O) groups excluding carboxylic acids is 1. The zero-order valence-electron chi connectivity index (χ0n) is 15.4. The van der Waals surface area contributed by atoms with E-state index in [0.717, 1.165) is 12.0 Å². The van der Waals surface area contributed by atoms with Crippen molar-refractivity contribution in [1.82, 2.24) is 5.32 Å². The van der Waals surface area contributed by atoms with E-state index in [2.05, 4.69) is 24.4 Å². The molecule has 0 heterocycles. The molecule has 0 saturated heterocycles. The Morgan fingerprint density at radius 3 is 2.04 bits per heavy atom. The van der Waals surface area contributed by atoms with Crippen LogP contribution >= 0.6 is 0 Å². The third-order valence-electron chi connectivity index (χ3n) is 4.19. The third kappa shape index (κ3) is 4.24. The average Bonchev–Trinajstić information content (AvgIpc) is 2.66. The number of rotatable bonds is 7. The molecule has 1 N–H and O–H groups in total. The fraction of sp³-hybridized carbons (Fsp3) is 0.350. The zero-order valence-corrected chi connectivity index (χ0v) is 15.4. The van der Waals surface area contributed by atoms with E-state index in [1.165, 1.54) is 19.8 Å². The van der Waals surface area contributed by atoms with Crippen molar-refractivity contribution >= 4 is 5.91 Å². The molecule has 2 aromatic carbocycles. The topological polar surface area (TPSA) is 56.8 Å². The first-order chi connectivity index (χ1) is 12.0. The van der Waals surface area contributed by atoms with Crippen LogP contribution in [0.3, 0.4) is 0 Å². The summed E-state index contributed by atoms with van der Waals surface area (Å²) in [6.45, 7) is 4.07. The predicted octanol–water partition coefficient (Wildman–Crippen LogP) is 3.77. The van der Waals surface area contributed by atoms with Crippen molar-refractivity contribution in [3.05, 3.63) is 53.1 Å². The summed E-state index contributed by atoms with van der Waals surface area (Å²) in [6.07, 6.45) is 0.990. The summed E-state index contributed by atoms with van der Waals surface area (Å²) < 4.78 is 15.9. The van der Waals surface area contributed by atoms with Gasteiger partial charge in [0.15, 0.2) is 11.5 Å². The highest BCUT2D eigenvalue weighted by Crippen LogP contribution is 2.34. The van der Waals surface area contributed by atoms with Gasteiger partial charge in [0.1, 0.15) is 5.75 Å². The van der Waals surface area contributed by atoms with Gasteiger partial charge in [-0.05, 0) is 24.5 Å². The molecular formula is C20H25NO4. The molecule has 0 aliphatic rings. The van der Waals surface area contributed by atoms with Gasteiger partial charge in [-0.1, -0.05) is 31.2 Å². The lowest BCUT2D eigenvalue weighted by molar-refractivity contribution is 0.0936. The number of hydrogen-bond donors (Lipinski definition) is 1. The van der Waals surface area contributed by atoms with Gasteiger partial charge in [-0.3, -0.25) is 4.79 Å². The molecule has 1 atom stereocenters. The molecule has 0 aromatic heterocycles. The minimum Gasteiger partial charge on any atom is -0.496 e. The average molecular weight is 343 g/mol. The first-order valence-electron chi connectivity index (χ1n) is 8.23. The molecule has 5 nitrogen and oxygen atoms in total. The normalized spacial score (nSPS) is 11.6. The highest BCUT2D eigenvalue weighted by Gasteiger charge is 2.19. The number of hydrogen-bond acceptors (Lipinski definition) is 4. The van der Waals surface area contributed by atoms with E-state index in [9.17, 15) is 4.79 Å². The molecule has 0 aliphatic heterocycles. The van der Waals surface area contributed by atoms with Crippen LogP contribution < -0.4 is 19.5 Å². The highest BCUT2D eigenvalue weighted by atomic mass is 16.5. The van der Waals surface area contributed by atoms with Crippen LogP contribution in [0.2, 0.25) is 0 Å². The molecule has 0 spiro atoms. The van der Waals surface area contributed by atoms with Crippen molar-refractivity contribution in [1.29, 1.82) is 0 Å².